The largest absolute Gasteiger partial charge is 0.491 e. The number of benzene rings is 3. The van der Waals surface area contributed by atoms with Gasteiger partial charge in [0, 0.05) is 42.0 Å². The van der Waals surface area contributed by atoms with Crippen molar-refractivity contribution in [1.82, 2.24) is 9.55 Å². The Hall–Kier alpha value is -5.17. The minimum absolute atomic E-state index is 0.00335. The van der Waals surface area contributed by atoms with E-state index in [2.05, 4.69) is 63.5 Å². The van der Waals surface area contributed by atoms with Gasteiger partial charge in [-0.25, -0.2) is 0 Å². The molecule has 2 heterocycles. The van der Waals surface area contributed by atoms with Crippen LogP contribution in [0.25, 0.3) is 16.5 Å². The summed E-state index contributed by atoms with van der Waals surface area (Å²) in [6, 6.07) is 29.9. The zero-order chi connectivity index (χ0) is 28.6. The monoisotopic (exact) mass is 545 g/mol. The lowest BCUT2D eigenvalue weighted by Crippen LogP contribution is -2.11. The van der Waals surface area contributed by atoms with Crippen LogP contribution in [-0.4, -0.2) is 33.1 Å². The summed E-state index contributed by atoms with van der Waals surface area (Å²) in [5, 5.41) is 12.8. The first kappa shape index (κ1) is 27.4. The number of aromatic nitrogens is 2. The van der Waals surface area contributed by atoms with E-state index in [1.54, 1.807) is 18.2 Å². The van der Waals surface area contributed by atoms with E-state index >= 15 is 0 Å². The molecule has 0 fully saturated rings. The Kier molecular flexibility index (Phi) is 8.55. The first-order chi connectivity index (χ1) is 20.0. The highest BCUT2D eigenvalue weighted by Gasteiger charge is 2.18. The van der Waals surface area contributed by atoms with E-state index in [-0.39, 0.29) is 25.0 Å². The van der Waals surface area contributed by atoms with Gasteiger partial charge in [0.15, 0.2) is 0 Å². The molecule has 1 atom stereocenters. The van der Waals surface area contributed by atoms with Crippen LogP contribution in [0.5, 0.6) is 5.75 Å². The number of allylic oxidation sites excluding steroid dienone is 1. The van der Waals surface area contributed by atoms with Gasteiger partial charge in [0.25, 0.3) is 0 Å². The Morgan fingerprint density at radius 2 is 1.68 bits per heavy atom. The number of carboxylic acid groups (broad SMARTS) is 1. The van der Waals surface area contributed by atoms with Gasteiger partial charge in [-0.15, -0.1) is 0 Å². The predicted molar refractivity (Wildman–Crippen MR) is 161 cm³/mol. The Morgan fingerprint density at radius 1 is 0.951 bits per heavy atom. The van der Waals surface area contributed by atoms with E-state index in [0.29, 0.717) is 17.9 Å². The molecule has 5 rings (SSSR count). The highest BCUT2D eigenvalue weighted by molar-refractivity contribution is 6.05. The number of hydrogen-bond acceptors (Lipinski definition) is 4. The molecule has 0 aliphatic heterocycles. The molecule has 41 heavy (non-hydrogen) atoms. The maximum atomic E-state index is 12.9. The zero-order valence-electron chi connectivity index (χ0n) is 22.7. The van der Waals surface area contributed by atoms with Crippen LogP contribution < -0.4 is 10.1 Å². The highest BCUT2D eigenvalue weighted by atomic mass is 16.5. The maximum absolute atomic E-state index is 12.9. The molecule has 7 nitrogen and oxygen atoms in total. The standard InChI is InChI=1S/C34H31N3O4/c1-24(22-32(38)36-29-10-5-6-11-31(29)41-21-7-12-33(39)40)27-13-14-30-28(23-27)17-20-37(30)34(25-8-3-2-4-9-25)26-15-18-35-19-16-26/h2-6,8-11,13-20,22-23,34H,7,12,21H2,1H3,(H,36,38)(H,39,40). The van der Waals surface area contributed by atoms with Crippen LogP contribution in [0.1, 0.15) is 42.5 Å². The van der Waals surface area contributed by atoms with Gasteiger partial charge in [-0.2, -0.15) is 0 Å². The first-order valence-electron chi connectivity index (χ1n) is 13.5. The van der Waals surface area contributed by atoms with Crippen molar-refractivity contribution in [3.63, 3.8) is 0 Å². The Bertz CT molecular complexity index is 1640. The lowest BCUT2D eigenvalue weighted by atomic mass is 9.99. The summed E-state index contributed by atoms with van der Waals surface area (Å²) in [4.78, 5) is 27.8. The molecule has 0 radical (unpaired) electrons. The second-order valence-electron chi connectivity index (χ2n) is 9.75. The smallest absolute Gasteiger partial charge is 0.303 e. The summed E-state index contributed by atoms with van der Waals surface area (Å²) in [5.74, 6) is -0.638. The van der Waals surface area contributed by atoms with E-state index in [9.17, 15) is 9.59 Å². The number of pyridine rings is 1. The number of carbonyl (C=O) groups excluding carboxylic acids is 1. The van der Waals surface area contributed by atoms with Crippen molar-refractivity contribution < 1.29 is 19.4 Å². The number of nitrogens with zero attached hydrogens (tertiary/aromatic N) is 2. The minimum atomic E-state index is -0.865. The van der Waals surface area contributed by atoms with Gasteiger partial charge in [0.2, 0.25) is 5.91 Å². The molecule has 0 aliphatic rings. The van der Waals surface area contributed by atoms with Crippen molar-refractivity contribution in [3.8, 4) is 5.75 Å². The summed E-state index contributed by atoms with van der Waals surface area (Å²) in [6.45, 7) is 2.16. The molecule has 3 aromatic carbocycles. The van der Waals surface area contributed by atoms with Crippen molar-refractivity contribution in [3.05, 3.63) is 132 Å². The Labute approximate surface area is 238 Å². The van der Waals surface area contributed by atoms with Gasteiger partial charge in [0.05, 0.1) is 18.3 Å². The van der Waals surface area contributed by atoms with E-state index in [4.69, 9.17) is 9.84 Å². The van der Waals surface area contributed by atoms with Gasteiger partial charge in [-0.3, -0.25) is 14.6 Å². The number of ether oxygens (including phenoxy) is 1. The molecular weight excluding hydrogens is 514 g/mol. The molecular formula is C34H31N3O4. The average Bonchev–Trinajstić information content (AvgIpc) is 3.40. The third kappa shape index (κ3) is 6.70. The fourth-order valence-electron chi connectivity index (χ4n) is 4.88. The molecule has 0 saturated heterocycles. The number of carbonyl (C=O) groups is 2. The fraction of sp³-hybridized carbons (Fsp3) is 0.147. The number of para-hydroxylation sites is 2. The van der Waals surface area contributed by atoms with Crippen molar-refractivity contribution in [2.24, 2.45) is 0 Å². The molecule has 0 bridgehead atoms. The Balaban J connectivity index is 1.35. The summed E-state index contributed by atoms with van der Waals surface area (Å²) in [7, 11) is 0. The number of hydrogen-bond donors (Lipinski definition) is 2. The third-order valence-electron chi connectivity index (χ3n) is 6.88. The van der Waals surface area contributed by atoms with E-state index in [0.717, 1.165) is 27.6 Å². The second-order valence-corrected chi connectivity index (χ2v) is 9.75. The summed E-state index contributed by atoms with van der Waals surface area (Å²) in [6.07, 6.45) is 7.72. The molecule has 1 amide bonds. The molecule has 206 valence electrons. The van der Waals surface area contributed by atoms with Crippen LogP contribution in [0, 0.1) is 0 Å². The number of fused-ring (bicyclic) bond motifs is 1. The second kappa shape index (κ2) is 12.8. The van der Waals surface area contributed by atoms with Crippen molar-refractivity contribution in [1.29, 1.82) is 0 Å². The van der Waals surface area contributed by atoms with Crippen molar-refractivity contribution >= 4 is 34.0 Å². The van der Waals surface area contributed by atoms with E-state index in [1.165, 1.54) is 5.56 Å². The van der Waals surface area contributed by atoms with Gasteiger partial charge >= 0.3 is 5.97 Å². The van der Waals surface area contributed by atoms with Gasteiger partial charge < -0.3 is 19.7 Å². The molecule has 0 aliphatic carbocycles. The minimum Gasteiger partial charge on any atom is -0.491 e. The summed E-state index contributed by atoms with van der Waals surface area (Å²) < 4.78 is 7.97. The van der Waals surface area contributed by atoms with Gasteiger partial charge in [0.1, 0.15) is 5.75 Å². The zero-order valence-corrected chi connectivity index (χ0v) is 22.7. The molecule has 0 saturated carbocycles. The number of amides is 1. The van der Waals surface area contributed by atoms with E-state index in [1.807, 2.05) is 55.7 Å². The average molecular weight is 546 g/mol. The molecule has 2 N–H and O–H groups in total. The van der Waals surface area contributed by atoms with Crippen LogP contribution in [0.15, 0.2) is 116 Å². The first-order valence-corrected chi connectivity index (χ1v) is 13.5. The number of nitrogens with one attached hydrogen (secondary N) is 1. The van der Waals surface area contributed by atoms with Crippen LogP contribution in [-0.2, 0) is 9.59 Å². The highest BCUT2D eigenvalue weighted by Crippen LogP contribution is 2.32. The van der Waals surface area contributed by atoms with Gasteiger partial charge in [-0.1, -0.05) is 48.5 Å². The van der Waals surface area contributed by atoms with Crippen LogP contribution >= 0.6 is 0 Å². The number of aliphatic carboxylic acids is 1. The molecule has 5 aromatic rings. The number of carboxylic acids is 1. The lowest BCUT2D eigenvalue weighted by Gasteiger charge is -2.21. The SMILES string of the molecule is CC(=CC(=O)Nc1ccccc1OCCCC(=O)O)c1ccc2c(ccn2C(c2ccccc2)c2ccncc2)c1. The Morgan fingerprint density at radius 3 is 2.46 bits per heavy atom. The van der Waals surface area contributed by atoms with Crippen LogP contribution in [0.3, 0.4) is 0 Å². The van der Waals surface area contributed by atoms with E-state index < -0.39 is 5.97 Å². The maximum Gasteiger partial charge on any atom is 0.303 e. The molecule has 7 heteroatoms. The summed E-state index contributed by atoms with van der Waals surface area (Å²) >= 11 is 0. The number of anilines is 1. The molecule has 2 aromatic heterocycles. The topological polar surface area (TPSA) is 93.5 Å². The quantitative estimate of drug-likeness (QED) is 0.138. The molecule has 0 spiro atoms. The molecule has 1 unspecified atom stereocenters. The van der Waals surface area contributed by atoms with Gasteiger partial charge in [-0.05, 0) is 78.1 Å². The van der Waals surface area contributed by atoms with Crippen molar-refractivity contribution in [2.45, 2.75) is 25.8 Å². The summed E-state index contributed by atoms with van der Waals surface area (Å²) in [5.41, 5.74) is 5.72. The van der Waals surface area contributed by atoms with Crippen LogP contribution in [0.4, 0.5) is 5.69 Å². The van der Waals surface area contributed by atoms with Crippen LogP contribution in [0.2, 0.25) is 0 Å². The normalized spacial score (nSPS) is 12.2. The third-order valence-corrected chi connectivity index (χ3v) is 6.88. The fourth-order valence-corrected chi connectivity index (χ4v) is 4.88. The lowest BCUT2D eigenvalue weighted by molar-refractivity contribution is -0.137. The van der Waals surface area contributed by atoms with Crippen molar-refractivity contribution in [2.75, 3.05) is 11.9 Å². The number of rotatable bonds is 11. The predicted octanol–water partition coefficient (Wildman–Crippen LogP) is 6.96.